The molecule has 0 saturated carbocycles. The number of hydrogen-bond donors (Lipinski definition) is 1. The van der Waals surface area contributed by atoms with E-state index in [1.165, 1.54) is 11.1 Å². The van der Waals surface area contributed by atoms with Crippen molar-refractivity contribution < 1.29 is 9.59 Å². The first-order valence-electron chi connectivity index (χ1n) is 13.1. The zero-order chi connectivity index (χ0) is 25.3. The first kappa shape index (κ1) is 24.0. The number of likely N-dealkylation sites (tertiary alicyclic amines) is 1. The quantitative estimate of drug-likeness (QED) is 0.226. The minimum atomic E-state index is -1.08. The molecule has 4 aromatic carbocycles. The molecule has 0 bridgehead atoms. The SMILES string of the molecule is OC1(CC#CC[N+]2(Cc3ccccc3Cl)CC[C@@H](c3ccccc3)C2)c2ccccc2-c2ccccc21. The third kappa shape index (κ3) is 4.49. The molecular formula is C34H31ClNO+. The van der Waals surface area contributed by atoms with Gasteiger partial charge in [0.05, 0.1) is 13.1 Å². The highest BCUT2D eigenvalue weighted by Gasteiger charge is 2.41. The summed E-state index contributed by atoms with van der Waals surface area (Å²) in [5, 5.41) is 12.7. The van der Waals surface area contributed by atoms with Crippen LogP contribution in [0.15, 0.2) is 103 Å². The van der Waals surface area contributed by atoms with E-state index >= 15 is 0 Å². The van der Waals surface area contributed by atoms with Gasteiger partial charge < -0.3 is 9.59 Å². The van der Waals surface area contributed by atoms with E-state index in [0.717, 1.165) is 64.4 Å². The Balaban J connectivity index is 1.27. The molecule has 1 fully saturated rings. The second-order valence-electron chi connectivity index (χ2n) is 10.5. The Morgan fingerprint density at radius 1 is 0.784 bits per heavy atom. The molecule has 2 aliphatic rings. The average Bonchev–Trinajstić information content (AvgIpc) is 3.47. The van der Waals surface area contributed by atoms with E-state index in [-0.39, 0.29) is 0 Å². The van der Waals surface area contributed by atoms with Gasteiger partial charge in [0.2, 0.25) is 0 Å². The van der Waals surface area contributed by atoms with Gasteiger partial charge in [-0.3, -0.25) is 0 Å². The number of rotatable bonds is 5. The van der Waals surface area contributed by atoms with E-state index in [0.29, 0.717) is 12.3 Å². The predicted octanol–water partition coefficient (Wildman–Crippen LogP) is 7.15. The molecular weight excluding hydrogens is 474 g/mol. The molecule has 1 heterocycles. The van der Waals surface area contributed by atoms with Gasteiger partial charge in [-0.25, -0.2) is 0 Å². The van der Waals surface area contributed by atoms with E-state index in [1.54, 1.807) is 0 Å². The fraction of sp³-hybridized carbons (Fsp3) is 0.235. The Morgan fingerprint density at radius 2 is 1.41 bits per heavy atom. The minimum Gasteiger partial charge on any atom is -0.379 e. The summed E-state index contributed by atoms with van der Waals surface area (Å²) in [6, 6.07) is 35.3. The third-order valence-electron chi connectivity index (χ3n) is 8.21. The molecule has 1 saturated heterocycles. The highest BCUT2D eigenvalue weighted by atomic mass is 35.5. The number of nitrogens with zero attached hydrogens (tertiary/aromatic N) is 1. The van der Waals surface area contributed by atoms with E-state index in [9.17, 15) is 5.11 Å². The zero-order valence-corrected chi connectivity index (χ0v) is 21.7. The van der Waals surface area contributed by atoms with Gasteiger partial charge in [0, 0.05) is 29.3 Å². The summed E-state index contributed by atoms with van der Waals surface area (Å²) in [6.45, 7) is 3.72. The monoisotopic (exact) mass is 504 g/mol. The van der Waals surface area contributed by atoms with Crippen LogP contribution in [0.4, 0.5) is 0 Å². The molecule has 1 aliphatic heterocycles. The molecule has 1 N–H and O–H groups in total. The predicted molar refractivity (Wildman–Crippen MR) is 151 cm³/mol. The topological polar surface area (TPSA) is 20.2 Å². The van der Waals surface area contributed by atoms with Crippen LogP contribution in [-0.2, 0) is 12.1 Å². The van der Waals surface area contributed by atoms with Gasteiger partial charge in [0.1, 0.15) is 18.7 Å². The van der Waals surface area contributed by atoms with E-state index < -0.39 is 5.60 Å². The highest BCUT2D eigenvalue weighted by molar-refractivity contribution is 6.31. The van der Waals surface area contributed by atoms with Crippen LogP contribution in [0, 0.1) is 11.8 Å². The third-order valence-corrected chi connectivity index (χ3v) is 8.58. The van der Waals surface area contributed by atoms with Gasteiger partial charge in [-0.2, -0.15) is 0 Å². The molecule has 37 heavy (non-hydrogen) atoms. The maximum atomic E-state index is 11.9. The molecule has 0 amide bonds. The highest BCUT2D eigenvalue weighted by Crippen LogP contribution is 2.48. The van der Waals surface area contributed by atoms with Crippen molar-refractivity contribution in [3.8, 4) is 23.0 Å². The molecule has 4 aromatic rings. The van der Waals surface area contributed by atoms with Gasteiger partial charge in [-0.1, -0.05) is 115 Å². The standard InChI is InChI=1S/C34H31ClNO/c35-33-19-9-4-14-28(33)25-36(23-20-27(24-36)26-12-2-1-3-13-26)22-11-10-21-34(37)31-17-7-5-15-29(31)30-16-6-8-18-32(30)34/h1-9,12-19,27,37H,20-25H2/q+1/t27-,36?/m1/s1. The second kappa shape index (κ2) is 9.84. The van der Waals surface area contributed by atoms with Crippen molar-refractivity contribution in [2.24, 2.45) is 0 Å². The van der Waals surface area contributed by atoms with Crippen LogP contribution in [-0.4, -0.2) is 29.2 Å². The lowest BCUT2D eigenvalue weighted by molar-refractivity contribution is -0.923. The van der Waals surface area contributed by atoms with E-state index in [2.05, 4.69) is 66.4 Å². The Morgan fingerprint density at radius 3 is 2.11 bits per heavy atom. The lowest BCUT2D eigenvalue weighted by atomic mass is 9.88. The molecule has 1 unspecified atom stereocenters. The van der Waals surface area contributed by atoms with Crippen LogP contribution in [0.5, 0.6) is 0 Å². The summed E-state index contributed by atoms with van der Waals surface area (Å²) >= 11 is 6.60. The maximum absolute atomic E-state index is 11.9. The van der Waals surface area contributed by atoms with Crippen LogP contribution in [0.3, 0.4) is 0 Å². The van der Waals surface area contributed by atoms with Crippen LogP contribution >= 0.6 is 11.6 Å². The number of hydrogen-bond acceptors (Lipinski definition) is 1. The number of halogens is 1. The summed E-state index contributed by atoms with van der Waals surface area (Å²) in [7, 11) is 0. The Kier molecular flexibility index (Phi) is 6.39. The zero-order valence-electron chi connectivity index (χ0n) is 20.9. The fourth-order valence-electron chi connectivity index (χ4n) is 6.31. The summed E-state index contributed by atoms with van der Waals surface area (Å²) in [6.07, 6.45) is 1.52. The molecule has 6 rings (SSSR count). The largest absolute Gasteiger partial charge is 0.379 e. The molecule has 3 heteroatoms. The fourth-order valence-corrected chi connectivity index (χ4v) is 6.51. The van der Waals surface area contributed by atoms with Crippen molar-refractivity contribution in [2.45, 2.75) is 30.9 Å². The van der Waals surface area contributed by atoms with Gasteiger partial charge in [0.15, 0.2) is 0 Å². The number of quaternary nitrogens is 1. The van der Waals surface area contributed by atoms with Gasteiger partial charge in [-0.05, 0) is 39.8 Å². The minimum absolute atomic E-state index is 0.384. The van der Waals surface area contributed by atoms with Gasteiger partial charge in [0.25, 0.3) is 0 Å². The molecule has 0 spiro atoms. The van der Waals surface area contributed by atoms with Crippen molar-refractivity contribution in [1.82, 2.24) is 0 Å². The van der Waals surface area contributed by atoms with Gasteiger partial charge >= 0.3 is 0 Å². The average molecular weight is 505 g/mol. The second-order valence-corrected chi connectivity index (χ2v) is 10.9. The van der Waals surface area contributed by atoms with Crippen molar-refractivity contribution in [1.29, 1.82) is 0 Å². The molecule has 2 nitrogen and oxygen atoms in total. The number of fused-ring (bicyclic) bond motifs is 3. The Hall–Kier alpha value is -3.35. The molecule has 184 valence electrons. The summed E-state index contributed by atoms with van der Waals surface area (Å²) in [5.74, 6) is 7.44. The Bertz CT molecular complexity index is 1440. The lowest BCUT2D eigenvalue weighted by Gasteiger charge is -2.33. The van der Waals surface area contributed by atoms with Crippen LogP contribution in [0.25, 0.3) is 11.1 Å². The molecule has 1 aliphatic carbocycles. The van der Waals surface area contributed by atoms with Crippen molar-refractivity contribution in [3.63, 3.8) is 0 Å². The molecule has 2 atom stereocenters. The van der Waals surface area contributed by atoms with Crippen molar-refractivity contribution >= 4 is 11.6 Å². The first-order valence-corrected chi connectivity index (χ1v) is 13.5. The van der Waals surface area contributed by atoms with Crippen LogP contribution in [0.2, 0.25) is 5.02 Å². The maximum Gasteiger partial charge on any atom is 0.141 e. The summed E-state index contributed by atoms with van der Waals surface area (Å²) in [5.41, 5.74) is 5.63. The number of benzene rings is 4. The summed E-state index contributed by atoms with van der Waals surface area (Å²) < 4.78 is 0.891. The molecule has 0 radical (unpaired) electrons. The lowest BCUT2D eigenvalue weighted by Crippen LogP contribution is -2.45. The van der Waals surface area contributed by atoms with Crippen LogP contribution < -0.4 is 0 Å². The van der Waals surface area contributed by atoms with E-state index in [4.69, 9.17) is 11.6 Å². The van der Waals surface area contributed by atoms with Crippen molar-refractivity contribution in [3.05, 3.63) is 130 Å². The Labute approximate surface area is 224 Å². The van der Waals surface area contributed by atoms with Crippen molar-refractivity contribution in [2.75, 3.05) is 19.6 Å². The van der Waals surface area contributed by atoms with E-state index in [1.807, 2.05) is 48.5 Å². The number of aliphatic hydroxyl groups is 1. The first-order chi connectivity index (χ1) is 18.1. The van der Waals surface area contributed by atoms with Crippen LogP contribution in [0.1, 0.15) is 41.0 Å². The normalized spacial score (nSPS) is 21.1. The van der Waals surface area contributed by atoms with Gasteiger partial charge in [-0.15, -0.1) is 0 Å². The smallest absolute Gasteiger partial charge is 0.141 e. The molecule has 0 aromatic heterocycles. The summed E-state index contributed by atoms with van der Waals surface area (Å²) in [4.78, 5) is 0.